The van der Waals surface area contributed by atoms with Crippen molar-refractivity contribution in [3.8, 4) is 16.9 Å². The molecule has 0 atom stereocenters. The van der Waals surface area contributed by atoms with Crippen molar-refractivity contribution in [1.29, 1.82) is 0 Å². The van der Waals surface area contributed by atoms with Crippen molar-refractivity contribution in [1.82, 2.24) is 0 Å². The first-order valence-corrected chi connectivity index (χ1v) is 10.7. The van der Waals surface area contributed by atoms with E-state index < -0.39 is 32.5 Å². The first-order valence-electron chi connectivity index (χ1n) is 9.31. The summed E-state index contributed by atoms with van der Waals surface area (Å²) < 4.78 is 86.6. The number of hydrogen-bond donors (Lipinski definition) is 0. The molecule has 0 bridgehead atoms. The lowest BCUT2D eigenvalue weighted by Crippen LogP contribution is -2.38. The SMILES string of the molecule is Cc1ccc(F)c(-c2ccc3c(c2)N(S(=O)(=O)c2cccc(C(F)(F)F)c2)CCO3)c1. The van der Waals surface area contributed by atoms with E-state index in [9.17, 15) is 26.0 Å². The van der Waals surface area contributed by atoms with Gasteiger partial charge in [0.25, 0.3) is 10.0 Å². The molecule has 0 saturated carbocycles. The van der Waals surface area contributed by atoms with Crippen molar-refractivity contribution in [2.75, 3.05) is 17.5 Å². The molecule has 4 nitrogen and oxygen atoms in total. The summed E-state index contributed by atoms with van der Waals surface area (Å²) in [4.78, 5) is -0.484. The lowest BCUT2D eigenvalue weighted by Gasteiger charge is -2.31. The molecule has 0 aliphatic carbocycles. The summed E-state index contributed by atoms with van der Waals surface area (Å²) in [7, 11) is -4.32. The predicted molar refractivity (Wildman–Crippen MR) is 108 cm³/mol. The second-order valence-corrected chi connectivity index (χ2v) is 8.98. The standard InChI is InChI=1S/C22H17F4NO3S/c1-14-5-7-19(23)18(11-14)15-6-8-21-20(12-15)27(9-10-30-21)31(28,29)17-4-2-3-16(13-17)22(24,25)26/h2-8,11-13H,9-10H2,1H3. The minimum atomic E-state index is -4.68. The quantitative estimate of drug-likeness (QED) is 0.501. The van der Waals surface area contributed by atoms with E-state index in [2.05, 4.69) is 0 Å². The number of hydrogen-bond acceptors (Lipinski definition) is 3. The van der Waals surface area contributed by atoms with Gasteiger partial charge in [0.1, 0.15) is 18.2 Å². The molecule has 0 fully saturated rings. The Hall–Kier alpha value is -3.07. The summed E-state index contributed by atoms with van der Waals surface area (Å²) in [5.41, 5.74) is 0.609. The summed E-state index contributed by atoms with van der Waals surface area (Å²) in [6.07, 6.45) is -4.68. The Balaban J connectivity index is 1.82. The Morgan fingerprint density at radius 2 is 1.77 bits per heavy atom. The van der Waals surface area contributed by atoms with Gasteiger partial charge in [0.2, 0.25) is 0 Å². The Labute approximate surface area is 176 Å². The van der Waals surface area contributed by atoms with Gasteiger partial charge in [-0.2, -0.15) is 13.2 Å². The number of ether oxygens (including phenoxy) is 1. The number of rotatable bonds is 3. The Bertz CT molecular complexity index is 1260. The van der Waals surface area contributed by atoms with E-state index in [1.807, 2.05) is 0 Å². The van der Waals surface area contributed by atoms with E-state index in [4.69, 9.17) is 4.74 Å². The van der Waals surface area contributed by atoms with Crippen molar-refractivity contribution < 1.29 is 30.7 Å². The summed E-state index contributed by atoms with van der Waals surface area (Å²) >= 11 is 0. The monoisotopic (exact) mass is 451 g/mol. The molecule has 0 unspecified atom stereocenters. The summed E-state index contributed by atoms with van der Waals surface area (Å²) in [6.45, 7) is 1.74. The zero-order chi connectivity index (χ0) is 22.4. The van der Waals surface area contributed by atoms with Gasteiger partial charge in [-0.1, -0.05) is 23.8 Å². The molecule has 31 heavy (non-hydrogen) atoms. The molecular weight excluding hydrogens is 434 g/mol. The fraction of sp³-hybridized carbons (Fsp3) is 0.182. The molecule has 0 N–H and O–H groups in total. The molecule has 9 heteroatoms. The van der Waals surface area contributed by atoms with Crippen molar-refractivity contribution in [2.24, 2.45) is 0 Å². The third-order valence-electron chi connectivity index (χ3n) is 4.96. The average Bonchev–Trinajstić information content (AvgIpc) is 2.74. The molecule has 0 aromatic heterocycles. The summed E-state index contributed by atoms with van der Waals surface area (Å²) in [5, 5.41) is 0. The minimum Gasteiger partial charge on any atom is -0.489 e. The fourth-order valence-corrected chi connectivity index (χ4v) is 4.93. The minimum absolute atomic E-state index is 0.0311. The van der Waals surface area contributed by atoms with Gasteiger partial charge in [0.05, 0.1) is 22.7 Å². The largest absolute Gasteiger partial charge is 0.489 e. The van der Waals surface area contributed by atoms with Gasteiger partial charge in [-0.25, -0.2) is 12.8 Å². The third-order valence-corrected chi connectivity index (χ3v) is 6.77. The number of benzene rings is 3. The van der Waals surface area contributed by atoms with Gasteiger partial charge in [-0.05, 0) is 55.0 Å². The highest BCUT2D eigenvalue weighted by Crippen LogP contribution is 2.40. The highest BCUT2D eigenvalue weighted by atomic mass is 32.2. The predicted octanol–water partition coefficient (Wildman–Crippen LogP) is 5.41. The van der Waals surface area contributed by atoms with E-state index in [1.54, 1.807) is 25.1 Å². The molecule has 0 saturated heterocycles. The topological polar surface area (TPSA) is 46.6 Å². The molecule has 1 aliphatic heterocycles. The van der Waals surface area contributed by atoms with Crippen LogP contribution in [0.15, 0.2) is 65.6 Å². The van der Waals surface area contributed by atoms with E-state index in [0.29, 0.717) is 11.6 Å². The molecule has 0 radical (unpaired) electrons. The van der Waals surface area contributed by atoms with Gasteiger partial charge in [0.15, 0.2) is 0 Å². The highest BCUT2D eigenvalue weighted by Gasteiger charge is 2.35. The van der Waals surface area contributed by atoms with Crippen molar-refractivity contribution >= 4 is 15.7 Å². The molecule has 1 heterocycles. The maximum absolute atomic E-state index is 14.4. The first-order chi connectivity index (χ1) is 14.6. The highest BCUT2D eigenvalue weighted by molar-refractivity contribution is 7.92. The van der Waals surface area contributed by atoms with Gasteiger partial charge in [-0.15, -0.1) is 0 Å². The van der Waals surface area contributed by atoms with Crippen LogP contribution in [-0.2, 0) is 16.2 Å². The van der Waals surface area contributed by atoms with Crippen LogP contribution in [0, 0.1) is 12.7 Å². The van der Waals surface area contributed by atoms with Crippen LogP contribution in [-0.4, -0.2) is 21.6 Å². The maximum Gasteiger partial charge on any atom is 0.416 e. The Morgan fingerprint density at radius 1 is 1.00 bits per heavy atom. The molecular formula is C22H17F4NO3S. The number of aryl methyl sites for hydroxylation is 1. The van der Waals surface area contributed by atoms with Crippen molar-refractivity contribution in [2.45, 2.75) is 18.0 Å². The first kappa shape index (κ1) is 21.2. The zero-order valence-corrected chi connectivity index (χ0v) is 17.1. The number of halogens is 4. The van der Waals surface area contributed by atoms with Gasteiger partial charge < -0.3 is 4.74 Å². The average molecular weight is 451 g/mol. The van der Waals surface area contributed by atoms with Crippen molar-refractivity contribution in [3.63, 3.8) is 0 Å². The number of nitrogens with zero attached hydrogens (tertiary/aromatic N) is 1. The maximum atomic E-state index is 14.4. The second-order valence-electron chi connectivity index (χ2n) is 7.12. The molecule has 3 aromatic rings. The number of anilines is 1. The lowest BCUT2D eigenvalue weighted by atomic mass is 10.0. The molecule has 162 valence electrons. The number of alkyl halides is 3. The zero-order valence-electron chi connectivity index (χ0n) is 16.3. The van der Waals surface area contributed by atoms with E-state index in [1.165, 1.54) is 18.2 Å². The smallest absolute Gasteiger partial charge is 0.416 e. The van der Waals surface area contributed by atoms with Crippen LogP contribution in [0.2, 0.25) is 0 Å². The normalized spacial score (nSPS) is 14.2. The van der Waals surface area contributed by atoms with Crippen LogP contribution < -0.4 is 9.04 Å². The number of sulfonamides is 1. The van der Waals surface area contributed by atoms with Crippen LogP contribution in [0.5, 0.6) is 5.75 Å². The summed E-state index contributed by atoms with van der Waals surface area (Å²) in [6, 6.07) is 12.8. The van der Waals surface area contributed by atoms with Crippen molar-refractivity contribution in [3.05, 3.63) is 77.6 Å². The molecule has 0 amide bonds. The van der Waals surface area contributed by atoms with E-state index >= 15 is 0 Å². The number of fused-ring (bicyclic) bond motifs is 1. The van der Waals surface area contributed by atoms with E-state index in [0.717, 1.165) is 28.1 Å². The van der Waals surface area contributed by atoms with Crippen LogP contribution in [0.4, 0.5) is 23.2 Å². The van der Waals surface area contributed by atoms with Crippen LogP contribution in [0.3, 0.4) is 0 Å². The fourth-order valence-electron chi connectivity index (χ4n) is 3.43. The Morgan fingerprint density at radius 3 is 2.52 bits per heavy atom. The second kappa shape index (κ2) is 7.56. The van der Waals surface area contributed by atoms with Crippen LogP contribution in [0.25, 0.3) is 11.1 Å². The van der Waals surface area contributed by atoms with Gasteiger partial charge >= 0.3 is 6.18 Å². The van der Waals surface area contributed by atoms with E-state index in [-0.39, 0.29) is 30.2 Å². The summed E-state index contributed by atoms with van der Waals surface area (Å²) in [5.74, 6) is -0.229. The third kappa shape index (κ3) is 3.97. The van der Waals surface area contributed by atoms with Crippen LogP contribution in [0.1, 0.15) is 11.1 Å². The molecule has 3 aromatic carbocycles. The van der Waals surface area contributed by atoms with Crippen LogP contribution >= 0.6 is 0 Å². The molecule has 4 rings (SSSR count). The lowest BCUT2D eigenvalue weighted by molar-refractivity contribution is -0.137. The van der Waals surface area contributed by atoms with Gasteiger partial charge in [-0.3, -0.25) is 4.31 Å². The van der Waals surface area contributed by atoms with Gasteiger partial charge in [0, 0.05) is 5.56 Å². The molecule has 1 aliphatic rings. The Kier molecular flexibility index (Phi) is 5.17. The molecule has 0 spiro atoms.